The predicted molar refractivity (Wildman–Crippen MR) is 135 cm³/mol. The second-order valence-corrected chi connectivity index (χ2v) is 9.64. The van der Waals surface area contributed by atoms with Crippen LogP contribution in [-0.4, -0.2) is 54.7 Å². The minimum atomic E-state index is -0.241. The molecule has 2 aliphatic heterocycles. The smallest absolute Gasteiger partial charge is 0.260 e. The van der Waals surface area contributed by atoms with Crippen LogP contribution in [0.15, 0.2) is 42.5 Å². The first-order valence-electron chi connectivity index (χ1n) is 12.6. The van der Waals surface area contributed by atoms with E-state index < -0.39 is 0 Å². The van der Waals surface area contributed by atoms with Gasteiger partial charge in [0.15, 0.2) is 6.61 Å². The van der Waals surface area contributed by atoms with Crippen LogP contribution in [0.1, 0.15) is 61.9 Å². The monoisotopic (exact) mass is 480 g/mol. The number of carbonyl (C=O) groups excluding carboxylic acids is 2. The highest BCUT2D eigenvalue weighted by molar-refractivity contribution is 6.05. The van der Waals surface area contributed by atoms with Crippen LogP contribution >= 0.6 is 0 Å². The van der Waals surface area contributed by atoms with Gasteiger partial charge in [0, 0.05) is 24.3 Å². The number of rotatable bonds is 8. The summed E-state index contributed by atoms with van der Waals surface area (Å²) in [5.74, 6) is 0.951. The summed E-state index contributed by atoms with van der Waals surface area (Å²) in [6.45, 7) is 7.40. The van der Waals surface area contributed by atoms with Gasteiger partial charge in [0.25, 0.3) is 11.8 Å². The number of amides is 2. The summed E-state index contributed by atoms with van der Waals surface area (Å²) in [5, 5.41) is 2.95. The maximum Gasteiger partial charge on any atom is 0.260 e. The van der Waals surface area contributed by atoms with Gasteiger partial charge in [-0.2, -0.15) is 0 Å². The van der Waals surface area contributed by atoms with E-state index in [1.165, 1.54) is 0 Å². The molecule has 4 rings (SSSR count). The summed E-state index contributed by atoms with van der Waals surface area (Å²) in [5.41, 5.74) is 2.16. The maximum absolute atomic E-state index is 12.9. The van der Waals surface area contributed by atoms with E-state index in [4.69, 9.17) is 14.2 Å². The van der Waals surface area contributed by atoms with Gasteiger partial charge < -0.3 is 24.4 Å². The van der Waals surface area contributed by atoms with Gasteiger partial charge in [0.1, 0.15) is 18.1 Å². The van der Waals surface area contributed by atoms with Crippen molar-refractivity contribution in [2.24, 2.45) is 0 Å². The molecule has 3 atom stereocenters. The summed E-state index contributed by atoms with van der Waals surface area (Å²) in [4.78, 5) is 27.5. The molecule has 0 aromatic heterocycles. The first-order valence-corrected chi connectivity index (χ1v) is 12.6. The summed E-state index contributed by atoms with van der Waals surface area (Å²) >= 11 is 0. The standard InChI is InChI=1S/C28H36N2O5/c1-19-9-14-25(26(16-19)35-17-24-8-5-15-33-24)29-28(32)22-10-12-23(13-11-22)34-18-27(31)30-20(2)6-4-7-21(30)3/h9-14,16,20-21,24H,4-8,15,17-18H2,1-3H3,(H,29,32). The Kier molecular flexibility index (Phi) is 8.29. The number of hydrogen-bond donors (Lipinski definition) is 1. The van der Waals surface area contributed by atoms with Crippen molar-refractivity contribution in [3.63, 3.8) is 0 Å². The van der Waals surface area contributed by atoms with Crippen LogP contribution in [-0.2, 0) is 9.53 Å². The average Bonchev–Trinajstić information content (AvgIpc) is 3.37. The van der Waals surface area contributed by atoms with Gasteiger partial charge in [0.2, 0.25) is 0 Å². The fourth-order valence-electron chi connectivity index (χ4n) is 4.84. The van der Waals surface area contributed by atoms with Crippen LogP contribution in [0.4, 0.5) is 5.69 Å². The molecular formula is C28H36N2O5. The first kappa shape index (κ1) is 25.0. The van der Waals surface area contributed by atoms with E-state index in [0.29, 0.717) is 29.4 Å². The molecule has 0 bridgehead atoms. The molecule has 2 saturated heterocycles. The van der Waals surface area contributed by atoms with Gasteiger partial charge >= 0.3 is 0 Å². The molecule has 2 fully saturated rings. The zero-order valence-electron chi connectivity index (χ0n) is 20.9. The van der Waals surface area contributed by atoms with Crippen LogP contribution in [0.3, 0.4) is 0 Å². The zero-order chi connectivity index (χ0) is 24.8. The van der Waals surface area contributed by atoms with E-state index >= 15 is 0 Å². The second kappa shape index (κ2) is 11.6. The molecule has 7 nitrogen and oxygen atoms in total. The number of hydrogen-bond acceptors (Lipinski definition) is 5. The Morgan fingerprint density at radius 1 is 1.00 bits per heavy atom. The van der Waals surface area contributed by atoms with Gasteiger partial charge in [-0.1, -0.05) is 6.07 Å². The number of anilines is 1. The van der Waals surface area contributed by atoms with Crippen molar-refractivity contribution in [2.45, 2.75) is 71.1 Å². The van der Waals surface area contributed by atoms with Crippen molar-refractivity contribution in [3.05, 3.63) is 53.6 Å². The Labute approximate surface area is 207 Å². The van der Waals surface area contributed by atoms with Crippen molar-refractivity contribution in [2.75, 3.05) is 25.1 Å². The van der Waals surface area contributed by atoms with Gasteiger partial charge in [0.05, 0.1) is 11.8 Å². The van der Waals surface area contributed by atoms with Crippen molar-refractivity contribution in [3.8, 4) is 11.5 Å². The third-order valence-electron chi connectivity index (χ3n) is 6.79. The number of carbonyl (C=O) groups is 2. The molecule has 3 unspecified atom stereocenters. The summed E-state index contributed by atoms with van der Waals surface area (Å²) < 4.78 is 17.3. The van der Waals surface area contributed by atoms with Crippen LogP contribution in [0.2, 0.25) is 0 Å². The Balaban J connectivity index is 1.33. The Morgan fingerprint density at radius 3 is 2.43 bits per heavy atom. The number of piperidine rings is 1. The van der Waals surface area contributed by atoms with Crippen LogP contribution in [0, 0.1) is 6.92 Å². The Morgan fingerprint density at radius 2 is 1.74 bits per heavy atom. The Hall–Kier alpha value is -3.06. The number of nitrogens with one attached hydrogen (secondary N) is 1. The number of likely N-dealkylation sites (tertiary alicyclic amines) is 1. The SMILES string of the molecule is Cc1ccc(NC(=O)c2ccc(OCC(=O)N3C(C)CCCC3C)cc2)c(OCC2CCCO2)c1. The molecule has 2 heterocycles. The van der Waals surface area contributed by atoms with Crippen LogP contribution in [0.5, 0.6) is 11.5 Å². The summed E-state index contributed by atoms with van der Waals surface area (Å²) in [7, 11) is 0. The molecule has 188 valence electrons. The van der Waals surface area contributed by atoms with Gasteiger partial charge in [-0.3, -0.25) is 9.59 Å². The molecule has 2 aromatic rings. The average molecular weight is 481 g/mol. The predicted octanol–water partition coefficient (Wildman–Crippen LogP) is 4.97. The van der Waals surface area contributed by atoms with E-state index in [0.717, 1.165) is 44.3 Å². The first-order chi connectivity index (χ1) is 16.9. The van der Waals surface area contributed by atoms with E-state index in [2.05, 4.69) is 19.2 Å². The molecule has 7 heteroatoms. The molecule has 35 heavy (non-hydrogen) atoms. The minimum absolute atomic E-state index is 0.00132. The summed E-state index contributed by atoms with van der Waals surface area (Å²) in [6, 6.07) is 13.0. The molecular weight excluding hydrogens is 444 g/mol. The second-order valence-electron chi connectivity index (χ2n) is 9.64. The van der Waals surface area contributed by atoms with Gasteiger partial charge in [-0.25, -0.2) is 0 Å². The van der Waals surface area contributed by atoms with Crippen LogP contribution < -0.4 is 14.8 Å². The van der Waals surface area contributed by atoms with Gasteiger partial charge in [-0.05, 0) is 94.8 Å². The number of benzene rings is 2. The zero-order valence-corrected chi connectivity index (χ0v) is 20.9. The molecule has 0 saturated carbocycles. The van der Waals surface area contributed by atoms with Crippen LogP contribution in [0.25, 0.3) is 0 Å². The van der Waals surface area contributed by atoms with Crippen molar-refractivity contribution in [1.29, 1.82) is 0 Å². The largest absolute Gasteiger partial charge is 0.489 e. The fourth-order valence-corrected chi connectivity index (χ4v) is 4.84. The highest BCUT2D eigenvalue weighted by Crippen LogP contribution is 2.28. The molecule has 1 N–H and O–H groups in total. The number of ether oxygens (including phenoxy) is 3. The number of nitrogens with zero attached hydrogens (tertiary/aromatic N) is 1. The summed E-state index contributed by atoms with van der Waals surface area (Å²) in [6.07, 6.45) is 5.35. The highest BCUT2D eigenvalue weighted by atomic mass is 16.5. The molecule has 2 aromatic carbocycles. The van der Waals surface area contributed by atoms with E-state index in [1.807, 2.05) is 30.0 Å². The molecule has 0 aliphatic carbocycles. The highest BCUT2D eigenvalue weighted by Gasteiger charge is 2.29. The molecule has 2 aliphatic rings. The lowest BCUT2D eigenvalue weighted by atomic mass is 9.97. The fraction of sp³-hybridized carbons (Fsp3) is 0.500. The molecule has 0 radical (unpaired) electrons. The topological polar surface area (TPSA) is 77.1 Å². The Bertz CT molecular complexity index is 1010. The molecule has 2 amide bonds. The maximum atomic E-state index is 12.9. The molecule has 0 spiro atoms. The third-order valence-corrected chi connectivity index (χ3v) is 6.79. The lowest BCUT2D eigenvalue weighted by Crippen LogP contribution is -2.49. The van der Waals surface area contributed by atoms with Crippen molar-refractivity contribution < 1.29 is 23.8 Å². The third kappa shape index (κ3) is 6.54. The van der Waals surface area contributed by atoms with Gasteiger partial charge in [-0.15, -0.1) is 0 Å². The minimum Gasteiger partial charge on any atom is -0.489 e. The normalized spacial score (nSPS) is 22.0. The van der Waals surface area contributed by atoms with Crippen molar-refractivity contribution >= 4 is 17.5 Å². The lowest BCUT2D eigenvalue weighted by Gasteiger charge is -2.38. The van der Waals surface area contributed by atoms with Crippen molar-refractivity contribution in [1.82, 2.24) is 4.90 Å². The quantitative estimate of drug-likeness (QED) is 0.577. The lowest BCUT2D eigenvalue weighted by molar-refractivity contribution is -0.139. The van der Waals surface area contributed by atoms with E-state index in [9.17, 15) is 9.59 Å². The number of aryl methyl sites for hydroxylation is 1. The van der Waals surface area contributed by atoms with E-state index in [1.54, 1.807) is 24.3 Å². The van der Waals surface area contributed by atoms with E-state index in [-0.39, 0.29) is 36.6 Å².